The van der Waals surface area contributed by atoms with Crippen molar-refractivity contribution >= 4 is 34.6 Å². The Hall–Kier alpha value is -5.42. The summed E-state index contributed by atoms with van der Waals surface area (Å²) in [7, 11) is 6.17. The first-order valence-electron chi connectivity index (χ1n) is 14.9. The summed E-state index contributed by atoms with van der Waals surface area (Å²) in [6.45, 7) is 2.78. The molecule has 1 aromatic heterocycles. The van der Waals surface area contributed by atoms with Crippen LogP contribution in [0.4, 0.5) is 17.2 Å². The van der Waals surface area contributed by atoms with Gasteiger partial charge in [-0.05, 0) is 78.1 Å². The van der Waals surface area contributed by atoms with E-state index in [9.17, 15) is 9.59 Å². The summed E-state index contributed by atoms with van der Waals surface area (Å²) < 4.78 is 21.5. The van der Waals surface area contributed by atoms with Crippen LogP contribution < -0.4 is 19.7 Å². The molecule has 4 aromatic rings. The first-order valence-corrected chi connectivity index (χ1v) is 14.9. The molecule has 11 heteroatoms. The molecule has 0 aliphatic carbocycles. The lowest BCUT2D eigenvalue weighted by Gasteiger charge is -2.29. The average molecular weight is 622 g/mol. The molecule has 2 aliphatic heterocycles. The number of hydrogen-bond donors (Lipinski definition) is 1. The minimum Gasteiger partial charge on any atom is -0.493 e. The van der Waals surface area contributed by atoms with Crippen molar-refractivity contribution in [3.63, 3.8) is 0 Å². The van der Waals surface area contributed by atoms with E-state index in [0.29, 0.717) is 28.5 Å². The van der Waals surface area contributed by atoms with Crippen LogP contribution in [0.5, 0.6) is 11.5 Å². The minimum atomic E-state index is -0.386. The van der Waals surface area contributed by atoms with Crippen LogP contribution in [-0.4, -0.2) is 68.2 Å². The second-order valence-corrected chi connectivity index (χ2v) is 10.9. The maximum Gasteiger partial charge on any atom is 0.294 e. The molecule has 1 N–H and O–H groups in total. The third kappa shape index (κ3) is 5.96. The zero-order valence-electron chi connectivity index (χ0n) is 26.2. The number of hydrogen-bond acceptors (Lipinski definition) is 9. The first kappa shape index (κ1) is 30.6. The summed E-state index contributed by atoms with van der Waals surface area (Å²) in [6, 6.07) is 18.8. The van der Waals surface area contributed by atoms with Gasteiger partial charge in [-0.25, -0.2) is 4.98 Å². The highest BCUT2D eigenvalue weighted by molar-refractivity contribution is 6.34. The van der Waals surface area contributed by atoms with E-state index in [1.807, 2.05) is 24.3 Å². The van der Waals surface area contributed by atoms with Gasteiger partial charge in [0, 0.05) is 43.3 Å². The van der Waals surface area contributed by atoms with Crippen LogP contribution in [0.25, 0.3) is 5.57 Å². The van der Waals surface area contributed by atoms with Crippen LogP contribution in [0.3, 0.4) is 0 Å². The molecule has 3 heterocycles. The lowest BCUT2D eigenvalue weighted by Crippen LogP contribution is -2.32. The molecule has 2 aliphatic rings. The van der Waals surface area contributed by atoms with E-state index in [1.54, 1.807) is 38.5 Å². The number of anilines is 3. The number of amides is 2. The molecule has 0 saturated heterocycles. The van der Waals surface area contributed by atoms with Gasteiger partial charge in [0.05, 0.1) is 34.1 Å². The quantitative estimate of drug-likeness (QED) is 0.193. The van der Waals surface area contributed by atoms with Crippen LogP contribution in [-0.2, 0) is 33.7 Å². The van der Waals surface area contributed by atoms with Crippen molar-refractivity contribution in [2.24, 2.45) is 0 Å². The highest BCUT2D eigenvalue weighted by atomic mass is 16.7. The summed E-state index contributed by atoms with van der Waals surface area (Å²) >= 11 is 0. The van der Waals surface area contributed by atoms with Gasteiger partial charge in [0.25, 0.3) is 17.8 Å². The van der Waals surface area contributed by atoms with E-state index in [4.69, 9.17) is 18.9 Å². The van der Waals surface area contributed by atoms with Crippen molar-refractivity contribution < 1.29 is 28.5 Å². The maximum absolute atomic E-state index is 13.4. The Labute approximate surface area is 267 Å². The van der Waals surface area contributed by atoms with Gasteiger partial charge in [-0.3, -0.25) is 24.4 Å². The van der Waals surface area contributed by atoms with Crippen molar-refractivity contribution in [2.75, 3.05) is 51.7 Å². The molecule has 0 saturated carbocycles. The number of aromatic nitrogens is 2. The highest BCUT2D eigenvalue weighted by Gasteiger charge is 2.40. The zero-order valence-corrected chi connectivity index (χ0v) is 26.2. The van der Waals surface area contributed by atoms with E-state index in [0.717, 1.165) is 44.0 Å². The van der Waals surface area contributed by atoms with Crippen LogP contribution >= 0.6 is 0 Å². The first-order chi connectivity index (χ1) is 22.4. The number of ether oxygens (including phenoxy) is 4. The van der Waals surface area contributed by atoms with Crippen LogP contribution in [0.15, 0.2) is 79.0 Å². The average Bonchev–Trinajstić information content (AvgIpc) is 3.39. The van der Waals surface area contributed by atoms with E-state index in [-0.39, 0.29) is 23.3 Å². The Bertz CT molecular complexity index is 1780. The van der Waals surface area contributed by atoms with Gasteiger partial charge in [-0.1, -0.05) is 12.1 Å². The Morgan fingerprint density at radius 3 is 2.22 bits per heavy atom. The van der Waals surface area contributed by atoms with Crippen LogP contribution in [0, 0.1) is 0 Å². The van der Waals surface area contributed by atoms with Gasteiger partial charge >= 0.3 is 0 Å². The molecular formula is C35H35N5O6. The SMILES string of the molecule is COC(OC)=C1C(=O)N(c2ccc(C(=O)Nc3ccc(CCN4CCc5cc(OC)c(OC)cc5C4)cc3)cc2)c2nccnc21. The van der Waals surface area contributed by atoms with Crippen LogP contribution in [0.1, 0.15) is 32.7 Å². The molecule has 11 nitrogen and oxygen atoms in total. The van der Waals surface area contributed by atoms with Gasteiger partial charge in [0.15, 0.2) is 22.9 Å². The third-order valence-corrected chi connectivity index (χ3v) is 8.23. The second kappa shape index (κ2) is 13.3. The molecule has 2 amide bonds. The van der Waals surface area contributed by atoms with Crippen molar-refractivity contribution in [1.29, 1.82) is 0 Å². The molecule has 0 radical (unpaired) electrons. The summed E-state index contributed by atoms with van der Waals surface area (Å²) in [5.41, 5.74) is 5.99. The molecular weight excluding hydrogens is 586 g/mol. The molecule has 46 heavy (non-hydrogen) atoms. The maximum atomic E-state index is 13.4. The monoisotopic (exact) mass is 621 g/mol. The van der Waals surface area contributed by atoms with E-state index in [2.05, 4.69) is 32.3 Å². The number of nitrogens with one attached hydrogen (secondary N) is 1. The fourth-order valence-electron chi connectivity index (χ4n) is 5.83. The van der Waals surface area contributed by atoms with Crippen molar-refractivity contribution in [1.82, 2.24) is 14.9 Å². The molecule has 0 bridgehead atoms. The zero-order chi connectivity index (χ0) is 32.2. The second-order valence-electron chi connectivity index (χ2n) is 10.9. The molecule has 3 aromatic carbocycles. The lowest BCUT2D eigenvalue weighted by molar-refractivity contribution is -0.112. The topological polar surface area (TPSA) is 115 Å². The number of fused-ring (bicyclic) bond motifs is 2. The molecule has 0 fully saturated rings. The number of benzene rings is 3. The predicted molar refractivity (Wildman–Crippen MR) is 173 cm³/mol. The summed E-state index contributed by atoms with van der Waals surface area (Å²) in [5, 5.41) is 2.96. The van der Waals surface area contributed by atoms with Gasteiger partial charge in [-0.2, -0.15) is 0 Å². The van der Waals surface area contributed by atoms with Crippen molar-refractivity contribution in [3.05, 3.63) is 107 Å². The largest absolute Gasteiger partial charge is 0.493 e. The fraction of sp³-hybridized carbons (Fsp3) is 0.257. The third-order valence-electron chi connectivity index (χ3n) is 8.23. The molecule has 0 unspecified atom stereocenters. The summed E-state index contributed by atoms with van der Waals surface area (Å²) in [6.07, 6.45) is 4.88. The fourth-order valence-corrected chi connectivity index (χ4v) is 5.83. The van der Waals surface area contributed by atoms with Gasteiger partial charge in [0.2, 0.25) is 0 Å². The number of rotatable bonds is 10. The molecule has 0 spiro atoms. The predicted octanol–water partition coefficient (Wildman–Crippen LogP) is 4.99. The summed E-state index contributed by atoms with van der Waals surface area (Å²) in [4.78, 5) is 39.0. The smallest absolute Gasteiger partial charge is 0.294 e. The van der Waals surface area contributed by atoms with Gasteiger partial charge in [-0.15, -0.1) is 0 Å². The Morgan fingerprint density at radius 2 is 1.54 bits per heavy atom. The summed E-state index contributed by atoms with van der Waals surface area (Å²) in [5.74, 6) is 1.30. The lowest BCUT2D eigenvalue weighted by atomic mass is 9.98. The van der Waals surface area contributed by atoms with E-state index < -0.39 is 0 Å². The molecule has 236 valence electrons. The Morgan fingerprint density at radius 1 is 0.870 bits per heavy atom. The Kier molecular flexibility index (Phi) is 8.84. The van der Waals surface area contributed by atoms with Crippen LogP contribution in [0.2, 0.25) is 0 Å². The standard InChI is InChI=1S/C35H35N5O6/c1-43-28-19-24-14-18-39(21-25(24)20-29(28)44-2)17-13-22-5-9-26(10-6-22)38-33(41)23-7-11-27(12-8-23)40-32-31(36-15-16-37-32)30(34(40)42)35(45-3)46-4/h5-12,15-16,19-20H,13-14,17-18,21H2,1-4H3,(H,38,41). The number of carbonyl (C=O) groups is 2. The number of methoxy groups -OCH3 is 4. The molecule has 0 atom stereocenters. The molecule has 6 rings (SSSR count). The van der Waals surface area contributed by atoms with E-state index >= 15 is 0 Å². The van der Waals surface area contributed by atoms with Gasteiger partial charge in [0.1, 0.15) is 5.69 Å². The van der Waals surface area contributed by atoms with Crippen molar-refractivity contribution in [2.45, 2.75) is 19.4 Å². The Balaban J connectivity index is 1.06. The number of nitrogens with zero attached hydrogens (tertiary/aromatic N) is 4. The number of carbonyl (C=O) groups excluding carboxylic acids is 2. The highest BCUT2D eigenvalue weighted by Crippen LogP contribution is 2.40. The van der Waals surface area contributed by atoms with Crippen molar-refractivity contribution in [3.8, 4) is 11.5 Å². The normalized spacial score (nSPS) is 14.0. The van der Waals surface area contributed by atoms with Gasteiger partial charge < -0.3 is 24.3 Å². The minimum absolute atomic E-state index is 0.0518. The van der Waals surface area contributed by atoms with E-state index in [1.165, 1.54) is 48.2 Å².